The molecule has 0 aromatic rings. The summed E-state index contributed by atoms with van der Waals surface area (Å²) < 4.78 is 0. The Labute approximate surface area is 57.5 Å². The highest BCUT2D eigenvalue weighted by atomic mass is 16.7. The van der Waals surface area contributed by atoms with E-state index in [0.29, 0.717) is 6.54 Å². The quantitative estimate of drug-likeness (QED) is 0.583. The average molecular weight is 130 g/mol. The molecule has 0 atom stereocenters. The van der Waals surface area contributed by atoms with Crippen molar-refractivity contribution in [3.8, 4) is 0 Å². The molecule has 0 aromatic heterocycles. The number of nitrogens with one attached hydrogen (secondary N) is 1. The van der Waals surface area contributed by atoms with Crippen molar-refractivity contribution in [3.05, 3.63) is 6.92 Å². The molecule has 2 nitrogen and oxygen atoms in total. The maximum atomic E-state index is 5.22. The lowest BCUT2D eigenvalue weighted by molar-refractivity contribution is -0.0818. The van der Waals surface area contributed by atoms with Gasteiger partial charge in [-0.2, -0.15) is 0 Å². The second-order valence-electron chi connectivity index (χ2n) is 2.61. The van der Waals surface area contributed by atoms with E-state index >= 15 is 0 Å². The van der Waals surface area contributed by atoms with Crippen LogP contribution in [0.25, 0.3) is 0 Å². The SMILES string of the molecule is [CH2]CNOC(C)(C)CC. The highest BCUT2D eigenvalue weighted by Gasteiger charge is 2.14. The summed E-state index contributed by atoms with van der Waals surface area (Å²) in [6.45, 7) is 10.4. The molecule has 0 aliphatic carbocycles. The Morgan fingerprint density at radius 2 is 2.11 bits per heavy atom. The van der Waals surface area contributed by atoms with Crippen molar-refractivity contribution < 1.29 is 4.84 Å². The fourth-order valence-corrected chi connectivity index (χ4v) is 0.319. The van der Waals surface area contributed by atoms with Gasteiger partial charge >= 0.3 is 0 Å². The first-order chi connectivity index (χ1) is 4.12. The molecule has 0 aliphatic heterocycles. The number of rotatable bonds is 4. The summed E-state index contributed by atoms with van der Waals surface area (Å²) >= 11 is 0. The third kappa shape index (κ3) is 4.43. The first kappa shape index (κ1) is 8.92. The molecule has 0 heterocycles. The zero-order valence-corrected chi connectivity index (χ0v) is 6.53. The largest absolute Gasteiger partial charge is 0.296 e. The standard InChI is InChI=1S/C7H16NO/c1-5-7(3,4)9-8-6-2/h8H,2,5-6H2,1,3-4H3. The molecular weight excluding hydrogens is 114 g/mol. The molecule has 9 heavy (non-hydrogen) atoms. The van der Waals surface area contributed by atoms with E-state index < -0.39 is 0 Å². The summed E-state index contributed by atoms with van der Waals surface area (Å²) in [6, 6.07) is 0. The Balaban J connectivity index is 3.33. The summed E-state index contributed by atoms with van der Waals surface area (Å²) in [6.07, 6.45) is 1.00. The maximum absolute atomic E-state index is 5.22. The summed E-state index contributed by atoms with van der Waals surface area (Å²) in [5.41, 5.74) is 2.67. The van der Waals surface area contributed by atoms with Crippen molar-refractivity contribution in [2.24, 2.45) is 0 Å². The van der Waals surface area contributed by atoms with Crippen LogP contribution in [-0.4, -0.2) is 12.1 Å². The van der Waals surface area contributed by atoms with Crippen LogP contribution in [0.1, 0.15) is 27.2 Å². The lowest BCUT2D eigenvalue weighted by atomic mass is 10.1. The van der Waals surface area contributed by atoms with Gasteiger partial charge in [-0.3, -0.25) is 4.84 Å². The van der Waals surface area contributed by atoms with Gasteiger partial charge in [0.25, 0.3) is 0 Å². The summed E-state index contributed by atoms with van der Waals surface area (Å²) in [7, 11) is 0. The Morgan fingerprint density at radius 1 is 1.56 bits per heavy atom. The van der Waals surface area contributed by atoms with E-state index in [1.165, 1.54) is 0 Å². The molecule has 55 valence electrons. The molecule has 0 saturated heterocycles. The zero-order valence-electron chi connectivity index (χ0n) is 6.53. The van der Waals surface area contributed by atoms with Gasteiger partial charge in [0, 0.05) is 6.54 Å². The van der Waals surface area contributed by atoms with Crippen LogP contribution in [-0.2, 0) is 4.84 Å². The molecular formula is C7H16NO. The molecule has 2 heteroatoms. The van der Waals surface area contributed by atoms with Crippen molar-refractivity contribution >= 4 is 0 Å². The molecule has 0 unspecified atom stereocenters. The minimum absolute atomic E-state index is 0.0578. The average Bonchev–Trinajstić information content (AvgIpc) is 1.84. The van der Waals surface area contributed by atoms with E-state index in [2.05, 4.69) is 19.3 Å². The first-order valence-corrected chi connectivity index (χ1v) is 3.32. The van der Waals surface area contributed by atoms with Gasteiger partial charge in [-0.25, -0.2) is 5.48 Å². The molecule has 0 spiro atoms. The lowest BCUT2D eigenvalue weighted by Gasteiger charge is -2.22. The fourth-order valence-electron chi connectivity index (χ4n) is 0.319. The lowest BCUT2D eigenvalue weighted by Crippen LogP contribution is -2.31. The third-order valence-electron chi connectivity index (χ3n) is 1.30. The first-order valence-electron chi connectivity index (χ1n) is 3.32. The molecule has 0 aliphatic rings. The van der Waals surface area contributed by atoms with Gasteiger partial charge in [0.1, 0.15) is 0 Å². The third-order valence-corrected chi connectivity index (χ3v) is 1.30. The van der Waals surface area contributed by atoms with Crippen molar-refractivity contribution in [3.63, 3.8) is 0 Å². The number of hydrogen-bond donors (Lipinski definition) is 1. The molecule has 1 N–H and O–H groups in total. The fraction of sp³-hybridized carbons (Fsp3) is 0.857. The maximum Gasteiger partial charge on any atom is 0.0838 e. The van der Waals surface area contributed by atoms with Gasteiger partial charge in [-0.15, -0.1) is 0 Å². The van der Waals surface area contributed by atoms with E-state index in [1.807, 2.05) is 13.8 Å². The van der Waals surface area contributed by atoms with Crippen LogP contribution in [0.5, 0.6) is 0 Å². The highest BCUT2D eigenvalue weighted by Crippen LogP contribution is 2.10. The molecule has 0 bridgehead atoms. The minimum Gasteiger partial charge on any atom is -0.296 e. The van der Waals surface area contributed by atoms with Crippen molar-refractivity contribution in [2.75, 3.05) is 6.54 Å². The molecule has 0 amide bonds. The normalized spacial score (nSPS) is 12.0. The van der Waals surface area contributed by atoms with E-state index in [0.717, 1.165) is 6.42 Å². The van der Waals surface area contributed by atoms with Crippen LogP contribution in [0, 0.1) is 6.92 Å². The monoisotopic (exact) mass is 130 g/mol. The zero-order chi connectivity index (χ0) is 7.33. The van der Waals surface area contributed by atoms with Gasteiger partial charge in [-0.05, 0) is 27.2 Å². The number of hydroxylamine groups is 1. The molecule has 0 rings (SSSR count). The summed E-state index contributed by atoms with van der Waals surface area (Å²) in [5, 5.41) is 0. The van der Waals surface area contributed by atoms with E-state index in [-0.39, 0.29) is 5.60 Å². The van der Waals surface area contributed by atoms with Gasteiger partial charge in [-0.1, -0.05) is 6.92 Å². The molecule has 0 aromatic carbocycles. The van der Waals surface area contributed by atoms with Gasteiger partial charge in [0.2, 0.25) is 0 Å². The Kier molecular flexibility index (Phi) is 3.82. The van der Waals surface area contributed by atoms with Crippen LogP contribution >= 0.6 is 0 Å². The predicted molar refractivity (Wildman–Crippen MR) is 38.8 cm³/mol. The highest BCUT2D eigenvalue weighted by molar-refractivity contribution is 4.63. The van der Waals surface area contributed by atoms with Gasteiger partial charge in [0.05, 0.1) is 5.60 Å². The Bertz CT molecular complexity index is 71.3. The summed E-state index contributed by atoms with van der Waals surface area (Å²) in [4.78, 5) is 5.22. The van der Waals surface area contributed by atoms with Gasteiger partial charge in [0.15, 0.2) is 0 Å². The molecule has 0 fully saturated rings. The van der Waals surface area contributed by atoms with Crippen LogP contribution in [0.4, 0.5) is 0 Å². The van der Waals surface area contributed by atoms with Crippen LogP contribution in [0.3, 0.4) is 0 Å². The summed E-state index contributed by atoms with van der Waals surface area (Å²) in [5.74, 6) is 0. The van der Waals surface area contributed by atoms with E-state index in [1.54, 1.807) is 0 Å². The predicted octanol–water partition coefficient (Wildman–Crippen LogP) is 1.53. The van der Waals surface area contributed by atoms with Crippen molar-refractivity contribution in [1.29, 1.82) is 0 Å². The molecule has 1 radical (unpaired) electrons. The van der Waals surface area contributed by atoms with Gasteiger partial charge < -0.3 is 0 Å². The van der Waals surface area contributed by atoms with Crippen molar-refractivity contribution in [1.82, 2.24) is 5.48 Å². The van der Waals surface area contributed by atoms with Crippen LogP contribution < -0.4 is 5.48 Å². The Morgan fingerprint density at radius 3 is 2.44 bits per heavy atom. The second-order valence-corrected chi connectivity index (χ2v) is 2.61. The number of hydrogen-bond acceptors (Lipinski definition) is 2. The topological polar surface area (TPSA) is 21.3 Å². The second kappa shape index (κ2) is 3.85. The smallest absolute Gasteiger partial charge is 0.0838 e. The van der Waals surface area contributed by atoms with E-state index in [4.69, 9.17) is 4.84 Å². The van der Waals surface area contributed by atoms with Crippen LogP contribution in [0.2, 0.25) is 0 Å². The minimum atomic E-state index is -0.0578. The Hall–Kier alpha value is -0.0800. The van der Waals surface area contributed by atoms with Crippen molar-refractivity contribution in [2.45, 2.75) is 32.8 Å². The van der Waals surface area contributed by atoms with Crippen LogP contribution in [0.15, 0.2) is 0 Å². The van der Waals surface area contributed by atoms with E-state index in [9.17, 15) is 0 Å². The molecule has 0 saturated carbocycles.